The van der Waals surface area contributed by atoms with E-state index in [-0.39, 0.29) is 17.9 Å². The molecule has 2 amide bonds. The van der Waals surface area contributed by atoms with Crippen molar-refractivity contribution in [1.82, 2.24) is 15.5 Å². The minimum absolute atomic E-state index is 0.0134. The monoisotopic (exact) mass is 253 g/mol. The Morgan fingerprint density at radius 1 is 1.39 bits per heavy atom. The van der Waals surface area contributed by atoms with E-state index in [2.05, 4.69) is 10.6 Å². The Morgan fingerprint density at radius 2 is 2.17 bits per heavy atom. The molecule has 1 heterocycles. The first-order chi connectivity index (χ1) is 8.70. The first-order valence-electron chi connectivity index (χ1n) is 7.02. The Hall–Kier alpha value is -1.10. The van der Waals surface area contributed by atoms with Crippen LogP contribution in [0, 0.1) is 0 Å². The smallest absolute Gasteiger partial charge is 0.239 e. The van der Waals surface area contributed by atoms with Crippen LogP contribution in [0.15, 0.2) is 0 Å². The first kappa shape index (κ1) is 13.3. The number of carbonyl (C=O) groups excluding carboxylic acids is 2. The summed E-state index contributed by atoms with van der Waals surface area (Å²) in [4.78, 5) is 25.4. The van der Waals surface area contributed by atoms with Gasteiger partial charge in [-0.2, -0.15) is 0 Å². The molecule has 2 N–H and O–H groups in total. The van der Waals surface area contributed by atoms with Gasteiger partial charge in [0.15, 0.2) is 0 Å². The molecular weight excluding hydrogens is 230 g/mol. The van der Waals surface area contributed by atoms with E-state index in [1.807, 2.05) is 11.8 Å². The third kappa shape index (κ3) is 3.70. The van der Waals surface area contributed by atoms with Gasteiger partial charge in [0.2, 0.25) is 11.8 Å². The quantitative estimate of drug-likeness (QED) is 0.713. The lowest BCUT2D eigenvalue weighted by molar-refractivity contribution is -0.136. The van der Waals surface area contributed by atoms with Crippen molar-refractivity contribution in [2.45, 2.75) is 51.1 Å². The average Bonchev–Trinajstić information content (AvgIpc) is 3.15. The molecule has 102 valence electrons. The molecule has 2 aliphatic rings. The van der Waals surface area contributed by atoms with E-state index >= 15 is 0 Å². The van der Waals surface area contributed by atoms with Crippen LogP contribution in [0.2, 0.25) is 0 Å². The highest BCUT2D eigenvalue weighted by atomic mass is 16.2. The normalized spacial score (nSPS) is 24.2. The van der Waals surface area contributed by atoms with Crippen molar-refractivity contribution < 1.29 is 9.59 Å². The third-order valence-electron chi connectivity index (χ3n) is 3.53. The molecule has 5 heteroatoms. The van der Waals surface area contributed by atoms with Crippen LogP contribution < -0.4 is 10.6 Å². The van der Waals surface area contributed by atoms with Crippen LogP contribution in [0.3, 0.4) is 0 Å². The van der Waals surface area contributed by atoms with Gasteiger partial charge in [0.25, 0.3) is 0 Å². The van der Waals surface area contributed by atoms with Crippen LogP contribution in [0.4, 0.5) is 0 Å². The second-order valence-electron chi connectivity index (χ2n) is 5.16. The van der Waals surface area contributed by atoms with E-state index in [0.717, 1.165) is 19.4 Å². The minimum atomic E-state index is -0.0134. The highest BCUT2D eigenvalue weighted by Gasteiger charge is 2.33. The van der Waals surface area contributed by atoms with Gasteiger partial charge in [0, 0.05) is 32.1 Å². The summed E-state index contributed by atoms with van der Waals surface area (Å²) in [5.74, 6) is 0.208. The molecule has 0 bridgehead atoms. The summed E-state index contributed by atoms with van der Waals surface area (Å²) in [5.41, 5.74) is 0. The molecule has 1 saturated heterocycles. The molecule has 18 heavy (non-hydrogen) atoms. The Balaban J connectivity index is 1.76. The van der Waals surface area contributed by atoms with Crippen molar-refractivity contribution in [2.75, 3.05) is 19.6 Å². The maximum Gasteiger partial charge on any atom is 0.239 e. The van der Waals surface area contributed by atoms with Crippen molar-refractivity contribution in [3.05, 3.63) is 0 Å². The van der Waals surface area contributed by atoms with Gasteiger partial charge in [-0.05, 0) is 32.6 Å². The highest BCUT2D eigenvalue weighted by Crippen LogP contribution is 2.22. The number of hydrogen-bond acceptors (Lipinski definition) is 3. The second kappa shape index (κ2) is 6.18. The predicted octanol–water partition coefficient (Wildman–Crippen LogP) is 0.256. The molecule has 0 aromatic rings. The lowest BCUT2D eigenvalue weighted by atomic mass is 10.0. The Kier molecular flexibility index (Phi) is 4.58. The summed E-state index contributed by atoms with van der Waals surface area (Å²) in [6.45, 7) is 3.90. The molecular formula is C13H23N3O2. The maximum absolute atomic E-state index is 12.2. The van der Waals surface area contributed by atoms with Crippen molar-refractivity contribution in [1.29, 1.82) is 0 Å². The largest absolute Gasteiger partial charge is 0.356 e. The van der Waals surface area contributed by atoms with E-state index in [1.165, 1.54) is 12.8 Å². The van der Waals surface area contributed by atoms with Gasteiger partial charge in [-0.25, -0.2) is 0 Å². The summed E-state index contributed by atoms with van der Waals surface area (Å²) in [6.07, 6.45) is 4.78. The van der Waals surface area contributed by atoms with Crippen LogP contribution in [0.1, 0.15) is 39.0 Å². The third-order valence-corrected chi connectivity index (χ3v) is 3.53. The van der Waals surface area contributed by atoms with Crippen LogP contribution in [-0.2, 0) is 9.59 Å². The van der Waals surface area contributed by atoms with E-state index in [9.17, 15) is 9.59 Å². The van der Waals surface area contributed by atoms with Crippen LogP contribution in [0.5, 0.6) is 0 Å². The Morgan fingerprint density at radius 3 is 2.83 bits per heavy atom. The number of amides is 2. The predicted molar refractivity (Wildman–Crippen MR) is 69.1 cm³/mol. The zero-order valence-electron chi connectivity index (χ0n) is 11.1. The first-order valence-corrected chi connectivity index (χ1v) is 7.02. The lowest BCUT2D eigenvalue weighted by Gasteiger charge is -2.32. The van der Waals surface area contributed by atoms with Crippen molar-refractivity contribution in [3.63, 3.8) is 0 Å². The summed E-state index contributed by atoms with van der Waals surface area (Å²) in [6, 6.07) is 0.544. The molecule has 0 radical (unpaired) electrons. The number of hydrogen-bond donors (Lipinski definition) is 2. The lowest BCUT2D eigenvalue weighted by Crippen LogP contribution is -2.51. The molecule has 1 aliphatic carbocycles. The SMILES string of the molecule is CCNC(=O)CCN1CCCC(NC2CC2)C1=O. The van der Waals surface area contributed by atoms with Crippen LogP contribution >= 0.6 is 0 Å². The molecule has 0 aromatic carbocycles. The zero-order valence-corrected chi connectivity index (χ0v) is 11.1. The van der Waals surface area contributed by atoms with Crippen molar-refractivity contribution in [3.8, 4) is 0 Å². The van der Waals surface area contributed by atoms with Gasteiger partial charge in [-0.3, -0.25) is 9.59 Å². The average molecular weight is 253 g/mol. The van der Waals surface area contributed by atoms with Gasteiger partial charge in [-0.15, -0.1) is 0 Å². The van der Waals surface area contributed by atoms with Gasteiger partial charge >= 0.3 is 0 Å². The van der Waals surface area contributed by atoms with E-state index < -0.39 is 0 Å². The van der Waals surface area contributed by atoms with Gasteiger partial charge in [-0.1, -0.05) is 0 Å². The summed E-state index contributed by atoms with van der Waals surface area (Å²) in [5, 5.41) is 6.15. The molecule has 1 saturated carbocycles. The molecule has 0 spiro atoms. The fraction of sp³-hybridized carbons (Fsp3) is 0.846. The fourth-order valence-electron chi connectivity index (χ4n) is 2.37. The van der Waals surface area contributed by atoms with Gasteiger partial charge in [0.05, 0.1) is 6.04 Å². The summed E-state index contributed by atoms with van der Waals surface area (Å²) in [7, 11) is 0. The molecule has 1 atom stereocenters. The summed E-state index contributed by atoms with van der Waals surface area (Å²) < 4.78 is 0. The van der Waals surface area contributed by atoms with Gasteiger partial charge < -0.3 is 15.5 Å². The Labute approximate surface area is 108 Å². The number of likely N-dealkylation sites (tertiary alicyclic amines) is 1. The maximum atomic E-state index is 12.2. The molecule has 1 aliphatic heterocycles. The molecule has 5 nitrogen and oxygen atoms in total. The minimum Gasteiger partial charge on any atom is -0.356 e. The van der Waals surface area contributed by atoms with Crippen molar-refractivity contribution in [2.24, 2.45) is 0 Å². The summed E-state index contributed by atoms with van der Waals surface area (Å²) >= 11 is 0. The number of carbonyl (C=O) groups is 2. The number of rotatable bonds is 6. The second-order valence-corrected chi connectivity index (χ2v) is 5.16. The number of nitrogens with zero attached hydrogens (tertiary/aromatic N) is 1. The van der Waals surface area contributed by atoms with Crippen LogP contribution in [-0.4, -0.2) is 48.4 Å². The molecule has 2 fully saturated rings. The Bertz CT molecular complexity index is 315. The van der Waals surface area contributed by atoms with E-state index in [4.69, 9.17) is 0 Å². The van der Waals surface area contributed by atoms with Crippen LogP contribution in [0.25, 0.3) is 0 Å². The van der Waals surface area contributed by atoms with E-state index in [1.54, 1.807) is 0 Å². The standard InChI is InChI=1S/C13H23N3O2/c1-2-14-12(17)7-9-16-8-3-4-11(13(16)18)15-10-5-6-10/h10-11,15H,2-9H2,1H3,(H,14,17). The van der Waals surface area contributed by atoms with Crippen molar-refractivity contribution >= 4 is 11.8 Å². The highest BCUT2D eigenvalue weighted by molar-refractivity contribution is 5.83. The molecule has 2 rings (SSSR count). The number of nitrogens with one attached hydrogen (secondary N) is 2. The topological polar surface area (TPSA) is 61.4 Å². The fourth-order valence-corrected chi connectivity index (χ4v) is 2.37. The van der Waals surface area contributed by atoms with E-state index in [0.29, 0.717) is 25.6 Å². The number of piperidine rings is 1. The molecule has 0 aromatic heterocycles. The zero-order chi connectivity index (χ0) is 13.0. The van der Waals surface area contributed by atoms with Gasteiger partial charge in [0.1, 0.15) is 0 Å². The molecule has 1 unspecified atom stereocenters.